The third-order valence-corrected chi connectivity index (χ3v) is 2.90. The van der Waals surface area contributed by atoms with Crippen LogP contribution in [0.2, 0.25) is 0 Å². The predicted molar refractivity (Wildman–Crippen MR) is 74.4 cm³/mol. The zero-order chi connectivity index (χ0) is 13.1. The molecule has 0 bridgehead atoms. The van der Waals surface area contributed by atoms with Gasteiger partial charge in [0.25, 0.3) is 0 Å². The van der Waals surface area contributed by atoms with Crippen LogP contribution in [0.25, 0.3) is 16.7 Å². The number of nitrogens with one attached hydrogen (secondary N) is 1. The lowest BCUT2D eigenvalue weighted by atomic mass is 10.3. The lowest BCUT2D eigenvalue weighted by molar-refractivity contribution is 0.311. The van der Waals surface area contributed by atoms with Gasteiger partial charge in [-0.15, -0.1) is 0 Å². The van der Waals surface area contributed by atoms with Crippen molar-refractivity contribution in [2.45, 2.75) is 0 Å². The first-order valence-corrected chi connectivity index (χ1v) is 6.12. The molecule has 3 aromatic heterocycles. The van der Waals surface area contributed by atoms with E-state index >= 15 is 0 Å². The van der Waals surface area contributed by atoms with Gasteiger partial charge in [-0.2, -0.15) is 0 Å². The molecular weight excluding hydrogens is 240 g/mol. The molecule has 96 valence electrons. The Bertz CT molecular complexity index is 692. The van der Waals surface area contributed by atoms with Gasteiger partial charge in [0.15, 0.2) is 0 Å². The Hall–Kier alpha value is -2.40. The average Bonchev–Trinajstić information content (AvgIpc) is 2.89. The van der Waals surface area contributed by atoms with E-state index in [-0.39, 0.29) is 6.61 Å². The van der Waals surface area contributed by atoms with Crippen LogP contribution in [-0.2, 0) is 0 Å². The minimum Gasteiger partial charge on any atom is -0.395 e. The molecule has 0 aromatic carbocycles. The van der Waals surface area contributed by atoms with E-state index < -0.39 is 0 Å². The number of nitrogens with zero attached hydrogens (tertiary/aromatic N) is 3. The van der Waals surface area contributed by atoms with Gasteiger partial charge in [0, 0.05) is 31.2 Å². The van der Waals surface area contributed by atoms with E-state index in [2.05, 4.69) is 19.9 Å². The molecule has 19 heavy (non-hydrogen) atoms. The number of hydrogen-bond donors (Lipinski definition) is 2. The van der Waals surface area contributed by atoms with Crippen molar-refractivity contribution in [1.29, 1.82) is 0 Å². The Labute approximate surface area is 110 Å². The molecule has 0 unspecified atom stereocenters. The van der Waals surface area contributed by atoms with Gasteiger partial charge in [0.05, 0.1) is 23.3 Å². The largest absolute Gasteiger partial charge is 0.395 e. The molecule has 2 N–H and O–H groups in total. The summed E-state index contributed by atoms with van der Waals surface area (Å²) in [6.45, 7) is 0.576. The zero-order valence-corrected chi connectivity index (χ0v) is 10.3. The van der Waals surface area contributed by atoms with Crippen molar-refractivity contribution >= 4 is 16.9 Å². The first kappa shape index (κ1) is 11.7. The summed E-state index contributed by atoms with van der Waals surface area (Å²) in [5.74, 6) is 0.747. The van der Waals surface area contributed by atoms with Crippen molar-refractivity contribution in [3.8, 4) is 5.69 Å². The molecule has 3 aromatic rings. The van der Waals surface area contributed by atoms with Crippen LogP contribution in [0.3, 0.4) is 0 Å². The Kier molecular flexibility index (Phi) is 3.12. The molecule has 0 saturated carbocycles. The number of hydrogen-bond acceptors (Lipinski definition) is 4. The van der Waals surface area contributed by atoms with Crippen LogP contribution in [0.15, 0.2) is 48.9 Å². The predicted octanol–water partition coefficient (Wildman–Crippen LogP) is 1.82. The van der Waals surface area contributed by atoms with Crippen LogP contribution >= 0.6 is 0 Å². The van der Waals surface area contributed by atoms with Crippen LogP contribution in [0.4, 0.5) is 5.82 Å². The van der Waals surface area contributed by atoms with E-state index in [4.69, 9.17) is 5.11 Å². The van der Waals surface area contributed by atoms with Gasteiger partial charge >= 0.3 is 0 Å². The van der Waals surface area contributed by atoms with Gasteiger partial charge in [-0.3, -0.25) is 4.98 Å². The van der Waals surface area contributed by atoms with E-state index in [9.17, 15) is 0 Å². The molecule has 0 saturated heterocycles. The monoisotopic (exact) mass is 254 g/mol. The normalized spacial score (nSPS) is 10.8. The van der Waals surface area contributed by atoms with Crippen LogP contribution in [0, 0.1) is 0 Å². The van der Waals surface area contributed by atoms with Gasteiger partial charge in [-0.1, -0.05) is 0 Å². The molecule has 0 aliphatic heterocycles. The quantitative estimate of drug-likeness (QED) is 0.745. The maximum absolute atomic E-state index is 8.82. The van der Waals surface area contributed by atoms with Crippen LogP contribution < -0.4 is 5.32 Å². The minimum atomic E-state index is 0.0856. The highest BCUT2D eigenvalue weighted by Crippen LogP contribution is 2.19. The summed E-state index contributed by atoms with van der Waals surface area (Å²) in [5.41, 5.74) is 3.03. The topological polar surface area (TPSA) is 63.0 Å². The summed E-state index contributed by atoms with van der Waals surface area (Å²) in [7, 11) is 0. The van der Waals surface area contributed by atoms with Crippen molar-refractivity contribution in [3.63, 3.8) is 0 Å². The molecule has 0 atom stereocenters. The van der Waals surface area contributed by atoms with Gasteiger partial charge in [0.2, 0.25) is 0 Å². The molecule has 3 rings (SSSR count). The second-order valence-corrected chi connectivity index (χ2v) is 4.14. The van der Waals surface area contributed by atoms with E-state index in [1.807, 2.05) is 36.5 Å². The number of aliphatic hydroxyl groups excluding tert-OH is 1. The minimum absolute atomic E-state index is 0.0856. The molecule has 0 spiro atoms. The summed E-state index contributed by atoms with van der Waals surface area (Å²) >= 11 is 0. The van der Waals surface area contributed by atoms with Crippen molar-refractivity contribution in [1.82, 2.24) is 14.5 Å². The number of fused-ring (bicyclic) bond motifs is 1. The van der Waals surface area contributed by atoms with Crippen LogP contribution in [-0.4, -0.2) is 32.8 Å². The van der Waals surface area contributed by atoms with Gasteiger partial charge < -0.3 is 15.0 Å². The van der Waals surface area contributed by atoms with Gasteiger partial charge in [0.1, 0.15) is 5.82 Å². The molecule has 0 aliphatic rings. The third-order valence-electron chi connectivity index (χ3n) is 2.90. The fourth-order valence-corrected chi connectivity index (χ4v) is 2.04. The van der Waals surface area contributed by atoms with Crippen molar-refractivity contribution in [3.05, 3.63) is 48.9 Å². The molecule has 0 radical (unpaired) electrons. The molecule has 3 heterocycles. The van der Waals surface area contributed by atoms with Crippen molar-refractivity contribution < 1.29 is 5.11 Å². The third kappa shape index (κ3) is 2.28. The highest BCUT2D eigenvalue weighted by atomic mass is 16.3. The Morgan fingerprint density at radius 1 is 1.16 bits per heavy atom. The lowest BCUT2D eigenvalue weighted by Gasteiger charge is -2.08. The van der Waals surface area contributed by atoms with Crippen molar-refractivity contribution in [2.24, 2.45) is 0 Å². The van der Waals surface area contributed by atoms with E-state index in [0.29, 0.717) is 6.54 Å². The molecule has 0 aliphatic carbocycles. The summed E-state index contributed by atoms with van der Waals surface area (Å²) in [5, 5.41) is 11.9. The fraction of sp³-hybridized carbons (Fsp3) is 0.143. The lowest BCUT2D eigenvalue weighted by Crippen LogP contribution is -2.07. The average molecular weight is 254 g/mol. The summed E-state index contributed by atoms with van der Waals surface area (Å²) in [6, 6.07) is 9.82. The zero-order valence-electron chi connectivity index (χ0n) is 10.3. The van der Waals surface area contributed by atoms with E-state index in [0.717, 1.165) is 22.5 Å². The summed E-state index contributed by atoms with van der Waals surface area (Å²) < 4.78 is 2.06. The number of anilines is 1. The fourth-order valence-electron chi connectivity index (χ4n) is 2.04. The molecule has 0 amide bonds. The number of rotatable bonds is 4. The molecule has 5 nitrogen and oxygen atoms in total. The number of aliphatic hydroxyl groups is 1. The Morgan fingerprint density at radius 2 is 2.11 bits per heavy atom. The van der Waals surface area contributed by atoms with Crippen LogP contribution in [0.5, 0.6) is 0 Å². The van der Waals surface area contributed by atoms with E-state index in [1.54, 1.807) is 12.4 Å². The van der Waals surface area contributed by atoms with Crippen molar-refractivity contribution in [2.75, 3.05) is 18.5 Å². The second kappa shape index (κ2) is 5.07. The summed E-state index contributed by atoms with van der Waals surface area (Å²) in [6.07, 6.45) is 5.52. The molecule has 5 heteroatoms. The first-order chi connectivity index (χ1) is 9.38. The van der Waals surface area contributed by atoms with Crippen LogP contribution in [0.1, 0.15) is 0 Å². The maximum Gasteiger partial charge on any atom is 0.128 e. The molecule has 0 fully saturated rings. The Morgan fingerprint density at radius 3 is 3.00 bits per heavy atom. The first-order valence-electron chi connectivity index (χ1n) is 6.12. The maximum atomic E-state index is 8.82. The highest BCUT2D eigenvalue weighted by molar-refractivity contribution is 5.77. The smallest absolute Gasteiger partial charge is 0.128 e. The summed E-state index contributed by atoms with van der Waals surface area (Å²) in [4.78, 5) is 8.53. The van der Waals surface area contributed by atoms with Gasteiger partial charge in [-0.25, -0.2) is 4.98 Å². The molecular formula is C14H14N4O. The number of aromatic nitrogens is 3. The Balaban J connectivity index is 2.01. The second-order valence-electron chi connectivity index (χ2n) is 4.14. The van der Waals surface area contributed by atoms with E-state index in [1.165, 1.54) is 0 Å². The van der Waals surface area contributed by atoms with Gasteiger partial charge in [-0.05, 0) is 24.3 Å². The number of pyridine rings is 2. The standard InChI is InChI=1S/C14H14N4O/c19-9-7-17-14-10-11(3-6-16-14)18-8-4-12-13(18)2-1-5-15-12/h1-6,8,10,19H,7,9H2,(H,16,17). The SMILES string of the molecule is OCCNc1cc(-n2ccc3ncccc32)ccn1. The highest BCUT2D eigenvalue weighted by Gasteiger charge is 2.04.